The van der Waals surface area contributed by atoms with Crippen LogP contribution in [-0.2, 0) is 17.1 Å². The van der Waals surface area contributed by atoms with Crippen molar-refractivity contribution >= 4 is 54.1 Å². The van der Waals surface area contributed by atoms with Gasteiger partial charge in [-0.3, -0.25) is 4.79 Å². The second kappa shape index (κ2) is 11.3. The topological polar surface area (TPSA) is 103 Å². The monoisotopic (exact) mass is 616 g/mol. The smallest absolute Gasteiger partial charge is 0.260 e. The van der Waals surface area contributed by atoms with Gasteiger partial charge in [-0.25, -0.2) is 23.1 Å². The number of hydrogen-bond acceptors (Lipinski definition) is 7. The average molecular weight is 617 g/mol. The van der Waals surface area contributed by atoms with Crippen LogP contribution in [0.1, 0.15) is 5.56 Å². The molecule has 2 heterocycles. The Balaban J connectivity index is 1.16. The molecule has 0 spiro atoms. The van der Waals surface area contributed by atoms with Crippen LogP contribution in [0, 0.1) is 6.92 Å². The van der Waals surface area contributed by atoms with Gasteiger partial charge in [0.25, 0.3) is 5.56 Å². The molecule has 0 saturated heterocycles. The number of fused-ring (bicyclic) bond motifs is 2. The highest BCUT2D eigenvalue weighted by Crippen LogP contribution is 2.38. The summed E-state index contributed by atoms with van der Waals surface area (Å²) in [5.41, 5.74) is 4.70. The lowest BCUT2D eigenvalue weighted by Crippen LogP contribution is -2.28. The molecule has 212 valence electrons. The molecule has 8 nitrogen and oxygen atoms in total. The Hall–Kier alpha value is -4.09. The fourth-order valence-electron chi connectivity index (χ4n) is 4.68. The Bertz CT molecular complexity index is 2110. The predicted octanol–water partition coefficient (Wildman–Crippen LogP) is 6.20. The zero-order valence-electron chi connectivity index (χ0n) is 22.7. The van der Waals surface area contributed by atoms with Gasteiger partial charge in [-0.2, -0.15) is 0 Å². The van der Waals surface area contributed by atoms with Crippen molar-refractivity contribution in [2.75, 3.05) is 13.2 Å². The van der Waals surface area contributed by atoms with Crippen LogP contribution >= 0.6 is 22.9 Å². The number of aryl methyl sites for hydroxylation is 2. The van der Waals surface area contributed by atoms with Crippen LogP contribution in [0.3, 0.4) is 0 Å². The number of rotatable bonds is 8. The molecule has 0 radical (unpaired) electrons. The van der Waals surface area contributed by atoms with E-state index in [4.69, 9.17) is 21.3 Å². The summed E-state index contributed by atoms with van der Waals surface area (Å²) in [6, 6.07) is 23.8. The minimum atomic E-state index is -3.70. The predicted molar refractivity (Wildman–Crippen MR) is 168 cm³/mol. The summed E-state index contributed by atoms with van der Waals surface area (Å²) in [6.45, 7) is 2.10. The second-order valence-corrected chi connectivity index (χ2v) is 13.0. The van der Waals surface area contributed by atoms with E-state index >= 15 is 0 Å². The zero-order valence-corrected chi connectivity index (χ0v) is 25.1. The molecule has 0 fully saturated rings. The maximum Gasteiger partial charge on any atom is 0.260 e. The summed E-state index contributed by atoms with van der Waals surface area (Å²) < 4.78 is 36.3. The van der Waals surface area contributed by atoms with Gasteiger partial charge >= 0.3 is 0 Å². The highest BCUT2D eigenvalue weighted by atomic mass is 35.5. The van der Waals surface area contributed by atoms with Gasteiger partial charge in [-0.05, 0) is 53.9 Å². The van der Waals surface area contributed by atoms with E-state index in [0.29, 0.717) is 32.2 Å². The van der Waals surface area contributed by atoms with Gasteiger partial charge in [0.15, 0.2) is 0 Å². The van der Waals surface area contributed by atoms with Gasteiger partial charge in [0.1, 0.15) is 22.9 Å². The first-order valence-corrected chi connectivity index (χ1v) is 15.7. The van der Waals surface area contributed by atoms with Crippen LogP contribution in [0.2, 0.25) is 5.02 Å². The molecular weight excluding hydrogens is 592 g/mol. The van der Waals surface area contributed by atoms with E-state index in [0.717, 1.165) is 27.0 Å². The minimum absolute atomic E-state index is 0.0717. The average Bonchev–Trinajstić information content (AvgIpc) is 3.42. The number of halogens is 1. The van der Waals surface area contributed by atoms with Crippen molar-refractivity contribution in [3.05, 3.63) is 106 Å². The number of thiazole rings is 1. The molecule has 1 N–H and O–H groups in total. The van der Waals surface area contributed by atoms with Gasteiger partial charge in [0, 0.05) is 25.2 Å². The molecule has 6 rings (SSSR count). The Morgan fingerprint density at radius 2 is 1.71 bits per heavy atom. The molecule has 0 unspecified atom stereocenters. The first-order chi connectivity index (χ1) is 20.2. The first kappa shape index (κ1) is 28.0. The Kier molecular flexibility index (Phi) is 7.54. The number of nitrogens with one attached hydrogen (secondary N) is 1. The van der Waals surface area contributed by atoms with Crippen LogP contribution in [0.15, 0.2) is 94.9 Å². The number of benzene rings is 4. The van der Waals surface area contributed by atoms with Gasteiger partial charge in [-0.1, -0.05) is 54.1 Å². The fraction of sp³-hybridized carbons (Fsp3) is 0.129. The number of nitrogens with zero attached hydrogens (tertiary/aromatic N) is 3. The Labute approximate surface area is 251 Å². The summed E-state index contributed by atoms with van der Waals surface area (Å²) in [5, 5.41) is 1.62. The lowest BCUT2D eigenvalue weighted by atomic mass is 10.1. The highest BCUT2D eigenvalue weighted by Gasteiger charge is 2.17. The number of sulfonamides is 1. The third-order valence-corrected chi connectivity index (χ3v) is 9.55. The van der Waals surface area contributed by atoms with Crippen LogP contribution in [0.5, 0.6) is 5.75 Å². The van der Waals surface area contributed by atoms with E-state index in [1.165, 1.54) is 22.2 Å². The maximum absolute atomic E-state index is 12.8. The van der Waals surface area contributed by atoms with Crippen molar-refractivity contribution in [3.8, 4) is 27.4 Å². The van der Waals surface area contributed by atoms with Crippen molar-refractivity contribution in [1.29, 1.82) is 0 Å². The first-order valence-electron chi connectivity index (χ1n) is 13.0. The molecule has 0 bridgehead atoms. The third-order valence-electron chi connectivity index (χ3n) is 6.75. The van der Waals surface area contributed by atoms with Gasteiger partial charge < -0.3 is 9.30 Å². The standard InChI is InChI=1S/C31H25ClN4O4S2/c1-19-14-24(28-25(15-19)31(37)36(2)18-33-28)30-35-29-26(32)16-22(17-27(29)41-30)40-13-12-34-42(38,39)23-10-8-21(9-11-23)20-6-4-3-5-7-20/h3-11,14-18,34H,12-13H2,1-2H3. The molecule has 0 aliphatic heterocycles. The molecular formula is C31H25ClN4O4S2. The molecule has 42 heavy (non-hydrogen) atoms. The second-order valence-electron chi connectivity index (χ2n) is 9.78. The molecule has 0 saturated carbocycles. The summed E-state index contributed by atoms with van der Waals surface area (Å²) in [6.07, 6.45) is 1.50. The molecule has 11 heteroatoms. The van der Waals surface area contributed by atoms with Crippen molar-refractivity contribution in [3.63, 3.8) is 0 Å². The van der Waals surface area contributed by atoms with Crippen molar-refractivity contribution in [1.82, 2.24) is 19.3 Å². The van der Waals surface area contributed by atoms with E-state index in [9.17, 15) is 13.2 Å². The van der Waals surface area contributed by atoms with Crippen LogP contribution in [0.4, 0.5) is 0 Å². The van der Waals surface area contributed by atoms with Crippen LogP contribution in [-0.4, -0.2) is 36.1 Å². The summed E-state index contributed by atoms with van der Waals surface area (Å²) in [4.78, 5) is 22.1. The van der Waals surface area contributed by atoms with E-state index in [2.05, 4.69) is 9.71 Å². The van der Waals surface area contributed by atoms with Gasteiger partial charge in [0.05, 0.1) is 31.8 Å². The van der Waals surface area contributed by atoms with Crippen molar-refractivity contribution in [2.24, 2.45) is 7.05 Å². The van der Waals surface area contributed by atoms with Crippen LogP contribution in [0.25, 0.3) is 42.8 Å². The number of ether oxygens (including phenoxy) is 1. The molecule has 0 amide bonds. The highest BCUT2D eigenvalue weighted by molar-refractivity contribution is 7.89. The molecule has 0 aliphatic carbocycles. The Morgan fingerprint density at radius 1 is 0.976 bits per heavy atom. The Morgan fingerprint density at radius 3 is 2.48 bits per heavy atom. The molecule has 0 aliphatic rings. The summed E-state index contributed by atoms with van der Waals surface area (Å²) >= 11 is 7.98. The summed E-state index contributed by atoms with van der Waals surface area (Å²) in [5.74, 6) is 0.496. The largest absolute Gasteiger partial charge is 0.492 e. The normalized spacial score (nSPS) is 11.8. The van der Waals surface area contributed by atoms with E-state index < -0.39 is 10.0 Å². The fourth-order valence-corrected chi connectivity index (χ4v) is 7.04. The zero-order chi connectivity index (χ0) is 29.4. The molecule has 4 aromatic carbocycles. The minimum Gasteiger partial charge on any atom is -0.492 e. The maximum atomic E-state index is 12.8. The van der Waals surface area contributed by atoms with E-state index in [1.807, 2.05) is 55.5 Å². The van der Waals surface area contributed by atoms with Crippen LogP contribution < -0.4 is 15.0 Å². The summed E-state index contributed by atoms with van der Waals surface area (Å²) in [7, 11) is -2.03. The lowest BCUT2D eigenvalue weighted by Gasteiger charge is -2.10. The molecule has 2 aromatic heterocycles. The van der Waals surface area contributed by atoms with Crippen molar-refractivity contribution < 1.29 is 13.2 Å². The quantitative estimate of drug-likeness (QED) is 0.204. The number of hydrogen-bond donors (Lipinski definition) is 1. The van der Waals surface area contributed by atoms with E-state index in [-0.39, 0.29) is 23.6 Å². The third kappa shape index (κ3) is 5.54. The number of aromatic nitrogens is 3. The van der Waals surface area contributed by atoms with E-state index in [1.54, 1.807) is 37.4 Å². The van der Waals surface area contributed by atoms with Crippen molar-refractivity contribution in [2.45, 2.75) is 11.8 Å². The molecule has 0 atom stereocenters. The SMILES string of the molecule is Cc1cc(-c2nc3c(Cl)cc(OCCNS(=O)(=O)c4ccc(-c5ccccc5)cc4)cc3s2)c2ncn(C)c(=O)c2c1. The van der Waals surface area contributed by atoms with Gasteiger partial charge in [0.2, 0.25) is 10.0 Å². The molecule has 6 aromatic rings. The lowest BCUT2D eigenvalue weighted by molar-refractivity contribution is 0.323. The van der Waals surface area contributed by atoms with Gasteiger partial charge in [-0.15, -0.1) is 11.3 Å².